The molecule has 5 heteroatoms. The second-order valence-corrected chi connectivity index (χ2v) is 7.64. The Morgan fingerprint density at radius 3 is 2.70 bits per heavy atom. The van der Waals surface area contributed by atoms with Crippen molar-refractivity contribution in [2.45, 2.75) is 25.7 Å². The summed E-state index contributed by atoms with van der Waals surface area (Å²) in [6.45, 7) is 0. The van der Waals surface area contributed by atoms with E-state index in [0.29, 0.717) is 36.0 Å². The molecular weight excluding hydrogens is 374 g/mol. The third-order valence-electron chi connectivity index (χ3n) is 5.56. The van der Waals surface area contributed by atoms with E-state index in [2.05, 4.69) is 51.7 Å². The van der Waals surface area contributed by atoms with Gasteiger partial charge in [-0.3, -0.25) is 9.59 Å². The molecule has 0 bridgehead atoms. The van der Waals surface area contributed by atoms with Crippen LogP contribution in [0.5, 0.6) is 0 Å². The van der Waals surface area contributed by atoms with Gasteiger partial charge in [-0.25, -0.2) is 4.98 Å². The van der Waals surface area contributed by atoms with Gasteiger partial charge in [0.05, 0.1) is 10.9 Å². The van der Waals surface area contributed by atoms with Crippen LogP contribution in [0.4, 0.5) is 5.69 Å². The van der Waals surface area contributed by atoms with Crippen molar-refractivity contribution in [3.8, 4) is 11.1 Å². The molecule has 0 saturated heterocycles. The number of aromatic amines is 1. The number of para-hydroxylation sites is 1. The summed E-state index contributed by atoms with van der Waals surface area (Å²) < 4.78 is 0. The highest BCUT2D eigenvalue weighted by Crippen LogP contribution is 2.37. The van der Waals surface area contributed by atoms with Crippen molar-refractivity contribution in [1.82, 2.24) is 9.97 Å². The van der Waals surface area contributed by atoms with Gasteiger partial charge in [-0.1, -0.05) is 42.5 Å². The first-order chi connectivity index (χ1) is 14.7. The van der Waals surface area contributed by atoms with Gasteiger partial charge in [-0.15, -0.1) is 0 Å². The predicted octanol–water partition coefficient (Wildman–Crippen LogP) is 4.46. The molecule has 148 valence electrons. The van der Waals surface area contributed by atoms with Crippen LogP contribution in [0.3, 0.4) is 0 Å². The number of hydrogen-bond donors (Lipinski definition) is 2. The number of nitrogens with zero attached hydrogens (tertiary/aromatic N) is 1. The minimum atomic E-state index is -0.140. The molecule has 30 heavy (non-hydrogen) atoms. The molecule has 0 unspecified atom stereocenters. The number of amides is 1. The largest absolute Gasteiger partial charge is 0.326 e. The molecule has 1 heterocycles. The summed E-state index contributed by atoms with van der Waals surface area (Å²) in [5, 5.41) is 3.58. The highest BCUT2D eigenvalue weighted by Gasteiger charge is 2.18. The van der Waals surface area contributed by atoms with Crippen molar-refractivity contribution in [1.29, 1.82) is 0 Å². The summed E-state index contributed by atoms with van der Waals surface area (Å²) in [5.41, 5.74) is 6.46. The highest BCUT2D eigenvalue weighted by atomic mass is 16.1. The van der Waals surface area contributed by atoms with E-state index in [-0.39, 0.29) is 11.5 Å². The number of fused-ring (bicyclic) bond motifs is 4. The van der Waals surface area contributed by atoms with Gasteiger partial charge < -0.3 is 10.3 Å². The van der Waals surface area contributed by atoms with Crippen LogP contribution < -0.4 is 10.9 Å². The first-order valence-corrected chi connectivity index (χ1v) is 10.2. The Morgan fingerprint density at radius 1 is 0.967 bits per heavy atom. The monoisotopic (exact) mass is 395 g/mol. The quantitative estimate of drug-likeness (QED) is 0.461. The van der Waals surface area contributed by atoms with Gasteiger partial charge in [0, 0.05) is 18.5 Å². The highest BCUT2D eigenvalue weighted by molar-refractivity contribution is 5.91. The molecule has 1 aromatic heterocycles. The van der Waals surface area contributed by atoms with Crippen LogP contribution in [0.1, 0.15) is 29.8 Å². The topological polar surface area (TPSA) is 74.8 Å². The normalized spacial score (nSPS) is 11.9. The third kappa shape index (κ3) is 3.50. The lowest BCUT2D eigenvalue weighted by molar-refractivity contribution is -0.116. The number of hydrogen-bond acceptors (Lipinski definition) is 3. The fourth-order valence-electron chi connectivity index (χ4n) is 4.12. The number of aryl methyl sites for hydroxylation is 1. The molecule has 1 amide bonds. The molecule has 0 radical (unpaired) electrons. The molecule has 0 fully saturated rings. The maximum Gasteiger partial charge on any atom is 0.258 e. The van der Waals surface area contributed by atoms with E-state index >= 15 is 0 Å². The van der Waals surface area contributed by atoms with Gasteiger partial charge in [0.15, 0.2) is 0 Å². The summed E-state index contributed by atoms with van der Waals surface area (Å²) >= 11 is 0. The molecule has 0 spiro atoms. The van der Waals surface area contributed by atoms with Crippen LogP contribution in [-0.4, -0.2) is 15.9 Å². The molecule has 0 aliphatic heterocycles. The Kier molecular flexibility index (Phi) is 4.64. The predicted molar refractivity (Wildman–Crippen MR) is 119 cm³/mol. The van der Waals surface area contributed by atoms with Gasteiger partial charge in [0.2, 0.25) is 5.91 Å². The van der Waals surface area contributed by atoms with Crippen molar-refractivity contribution in [2.75, 3.05) is 5.32 Å². The first kappa shape index (κ1) is 18.3. The first-order valence-electron chi connectivity index (χ1n) is 10.2. The van der Waals surface area contributed by atoms with Crippen molar-refractivity contribution in [3.05, 3.63) is 94.0 Å². The van der Waals surface area contributed by atoms with Crippen LogP contribution >= 0.6 is 0 Å². The van der Waals surface area contributed by atoms with E-state index in [1.807, 2.05) is 24.3 Å². The number of anilines is 1. The van der Waals surface area contributed by atoms with Crippen LogP contribution in [0, 0.1) is 0 Å². The Bertz CT molecular complexity index is 1320. The van der Waals surface area contributed by atoms with Crippen LogP contribution in [0.25, 0.3) is 22.0 Å². The second kappa shape index (κ2) is 7.59. The molecule has 1 aliphatic carbocycles. The van der Waals surface area contributed by atoms with Gasteiger partial charge in [-0.05, 0) is 59.4 Å². The zero-order chi connectivity index (χ0) is 20.5. The average Bonchev–Trinajstić information content (AvgIpc) is 3.11. The smallest absolute Gasteiger partial charge is 0.258 e. The van der Waals surface area contributed by atoms with Gasteiger partial charge in [0.25, 0.3) is 5.56 Å². The molecule has 3 aromatic carbocycles. The zero-order valence-electron chi connectivity index (χ0n) is 16.4. The average molecular weight is 395 g/mol. The number of aromatic nitrogens is 2. The second-order valence-electron chi connectivity index (χ2n) is 7.64. The van der Waals surface area contributed by atoms with E-state index in [0.717, 1.165) is 12.1 Å². The fraction of sp³-hybridized carbons (Fsp3) is 0.160. The molecule has 2 N–H and O–H groups in total. The number of H-pyrrole nitrogens is 1. The number of carbonyl (C=O) groups is 1. The van der Waals surface area contributed by atoms with Crippen LogP contribution in [0.2, 0.25) is 0 Å². The Balaban J connectivity index is 1.20. The van der Waals surface area contributed by atoms with E-state index in [4.69, 9.17) is 0 Å². The lowest BCUT2D eigenvalue weighted by Crippen LogP contribution is -2.14. The Labute approximate surface area is 173 Å². The Hall–Kier alpha value is -3.73. The SMILES string of the molecule is O=C(CCCc1nc2ccccc2c(=O)[nH]1)Nc1ccc2c(c1)Cc1ccccc1-2. The van der Waals surface area contributed by atoms with Crippen molar-refractivity contribution < 1.29 is 4.79 Å². The molecule has 4 aromatic rings. The zero-order valence-corrected chi connectivity index (χ0v) is 16.4. The maximum absolute atomic E-state index is 12.4. The molecular formula is C25H21N3O2. The summed E-state index contributed by atoms with van der Waals surface area (Å²) in [4.78, 5) is 31.8. The van der Waals surface area contributed by atoms with Crippen LogP contribution in [-0.2, 0) is 17.6 Å². The number of nitrogens with one attached hydrogen (secondary N) is 2. The maximum atomic E-state index is 12.4. The molecule has 5 rings (SSSR count). The summed E-state index contributed by atoms with van der Waals surface area (Å²) in [6, 6.07) is 21.8. The van der Waals surface area contributed by atoms with Crippen LogP contribution in [0.15, 0.2) is 71.5 Å². The van der Waals surface area contributed by atoms with E-state index < -0.39 is 0 Å². The van der Waals surface area contributed by atoms with Crippen molar-refractivity contribution in [2.24, 2.45) is 0 Å². The third-order valence-corrected chi connectivity index (χ3v) is 5.56. The molecule has 1 aliphatic rings. The number of benzene rings is 3. The molecule has 5 nitrogen and oxygen atoms in total. The minimum absolute atomic E-state index is 0.0337. The summed E-state index contributed by atoms with van der Waals surface area (Å²) in [6.07, 6.45) is 2.43. The summed E-state index contributed by atoms with van der Waals surface area (Å²) in [5.74, 6) is 0.579. The van der Waals surface area contributed by atoms with Gasteiger partial charge in [-0.2, -0.15) is 0 Å². The molecule has 0 atom stereocenters. The van der Waals surface area contributed by atoms with Crippen molar-refractivity contribution >= 4 is 22.5 Å². The van der Waals surface area contributed by atoms with E-state index in [1.165, 1.54) is 22.3 Å². The minimum Gasteiger partial charge on any atom is -0.326 e. The molecule has 0 saturated carbocycles. The lowest BCUT2D eigenvalue weighted by Gasteiger charge is -2.08. The number of rotatable bonds is 5. The summed E-state index contributed by atoms with van der Waals surface area (Å²) in [7, 11) is 0. The fourth-order valence-corrected chi connectivity index (χ4v) is 4.12. The van der Waals surface area contributed by atoms with E-state index in [9.17, 15) is 9.59 Å². The number of carbonyl (C=O) groups excluding carboxylic acids is 1. The lowest BCUT2D eigenvalue weighted by atomic mass is 10.1. The van der Waals surface area contributed by atoms with Crippen molar-refractivity contribution in [3.63, 3.8) is 0 Å². The van der Waals surface area contributed by atoms with Gasteiger partial charge >= 0.3 is 0 Å². The Morgan fingerprint density at radius 2 is 1.77 bits per heavy atom. The standard InChI is InChI=1S/C25H21N3O2/c29-24(11-5-10-23-27-22-9-4-3-8-21(22)25(30)28-23)26-18-12-13-20-17(15-18)14-16-6-1-2-7-19(16)20/h1-4,6-9,12-13,15H,5,10-11,14H2,(H,26,29)(H,27,28,30). The van der Waals surface area contributed by atoms with E-state index in [1.54, 1.807) is 6.07 Å². The van der Waals surface area contributed by atoms with Gasteiger partial charge in [0.1, 0.15) is 5.82 Å².